The molecule has 1 saturated heterocycles. The van der Waals surface area contributed by atoms with E-state index < -0.39 is 0 Å². The van der Waals surface area contributed by atoms with Gasteiger partial charge in [0.1, 0.15) is 0 Å². The van der Waals surface area contributed by atoms with Crippen LogP contribution in [0.5, 0.6) is 0 Å². The van der Waals surface area contributed by atoms with Gasteiger partial charge in [-0.15, -0.1) is 0 Å². The van der Waals surface area contributed by atoms with Crippen LogP contribution in [-0.4, -0.2) is 25.3 Å². The lowest BCUT2D eigenvalue weighted by Gasteiger charge is -2.45. The lowest BCUT2D eigenvalue weighted by Crippen LogP contribution is -2.53. The number of benzene rings is 1. The smallest absolute Gasteiger partial charge is 0.0779 e. The highest BCUT2D eigenvalue weighted by Crippen LogP contribution is 2.40. The van der Waals surface area contributed by atoms with Gasteiger partial charge in [-0.05, 0) is 25.0 Å². The Labute approximate surface area is 123 Å². The fourth-order valence-electron chi connectivity index (χ4n) is 3.23. The maximum Gasteiger partial charge on any atom is 0.0779 e. The van der Waals surface area contributed by atoms with Crippen LogP contribution in [0.1, 0.15) is 25.7 Å². The highest BCUT2D eigenvalue weighted by molar-refractivity contribution is 6.39. The van der Waals surface area contributed by atoms with Gasteiger partial charge >= 0.3 is 0 Å². The molecule has 1 aromatic rings. The van der Waals surface area contributed by atoms with Gasteiger partial charge in [-0.2, -0.15) is 0 Å². The number of rotatable bonds is 1. The second-order valence-corrected chi connectivity index (χ2v) is 6.10. The average molecular weight is 301 g/mol. The number of nitrogens with zero attached hydrogens (tertiary/aromatic N) is 1. The molecule has 0 radical (unpaired) electrons. The van der Waals surface area contributed by atoms with Gasteiger partial charge < -0.3 is 15.4 Å². The van der Waals surface area contributed by atoms with Crippen LogP contribution in [0.3, 0.4) is 0 Å². The monoisotopic (exact) mass is 300 g/mol. The quantitative estimate of drug-likeness (QED) is 0.803. The molecule has 0 aromatic heterocycles. The van der Waals surface area contributed by atoms with E-state index in [1.807, 2.05) is 0 Å². The molecule has 0 bridgehead atoms. The molecule has 1 aliphatic carbocycles. The van der Waals surface area contributed by atoms with E-state index >= 15 is 0 Å². The number of hydrogen-bond donors (Lipinski definition) is 1. The van der Waals surface area contributed by atoms with E-state index in [4.69, 9.17) is 33.7 Å². The fourth-order valence-corrected chi connectivity index (χ4v) is 3.95. The second-order valence-electron chi connectivity index (χ2n) is 5.29. The zero-order valence-electron chi connectivity index (χ0n) is 10.7. The van der Waals surface area contributed by atoms with E-state index in [1.54, 1.807) is 12.1 Å². The van der Waals surface area contributed by atoms with Crippen LogP contribution < -0.4 is 10.6 Å². The molecule has 3 rings (SSSR count). The van der Waals surface area contributed by atoms with Crippen LogP contribution in [-0.2, 0) is 4.74 Å². The maximum absolute atomic E-state index is 6.35. The highest BCUT2D eigenvalue weighted by atomic mass is 35.5. The molecular weight excluding hydrogens is 283 g/mol. The van der Waals surface area contributed by atoms with Gasteiger partial charge in [0.15, 0.2) is 0 Å². The molecule has 2 atom stereocenters. The first-order chi connectivity index (χ1) is 9.16. The van der Waals surface area contributed by atoms with Crippen molar-refractivity contribution in [3.05, 3.63) is 22.2 Å². The minimum absolute atomic E-state index is 0.312. The Morgan fingerprint density at radius 2 is 1.84 bits per heavy atom. The number of nitrogen functional groups attached to an aromatic ring is 1. The van der Waals surface area contributed by atoms with Crippen molar-refractivity contribution in [3.8, 4) is 0 Å². The predicted molar refractivity (Wildman–Crippen MR) is 80.2 cm³/mol. The molecule has 3 nitrogen and oxygen atoms in total. The Balaban J connectivity index is 1.96. The van der Waals surface area contributed by atoms with Crippen molar-refractivity contribution in [3.63, 3.8) is 0 Å². The third kappa shape index (κ3) is 2.51. The molecule has 2 aliphatic rings. The SMILES string of the molecule is Nc1cc(Cl)c(N2CCOC3CCCCC32)c(Cl)c1. The van der Waals surface area contributed by atoms with Crippen molar-refractivity contribution in [1.82, 2.24) is 0 Å². The summed E-state index contributed by atoms with van der Waals surface area (Å²) in [4.78, 5) is 2.32. The average Bonchev–Trinajstić information content (AvgIpc) is 2.38. The number of hydrogen-bond acceptors (Lipinski definition) is 3. The van der Waals surface area contributed by atoms with Crippen LogP contribution in [0, 0.1) is 0 Å². The van der Waals surface area contributed by atoms with Crippen molar-refractivity contribution in [2.75, 3.05) is 23.8 Å². The topological polar surface area (TPSA) is 38.5 Å². The summed E-state index contributed by atoms with van der Waals surface area (Å²) in [5.74, 6) is 0. The van der Waals surface area contributed by atoms with Gasteiger partial charge in [-0.3, -0.25) is 0 Å². The third-order valence-electron chi connectivity index (χ3n) is 4.06. The number of morpholine rings is 1. The summed E-state index contributed by atoms with van der Waals surface area (Å²) in [5.41, 5.74) is 7.30. The summed E-state index contributed by atoms with van der Waals surface area (Å²) in [6.45, 7) is 1.57. The maximum atomic E-state index is 6.35. The van der Waals surface area contributed by atoms with E-state index in [-0.39, 0.29) is 0 Å². The third-order valence-corrected chi connectivity index (χ3v) is 4.63. The Kier molecular flexibility index (Phi) is 3.79. The summed E-state index contributed by atoms with van der Waals surface area (Å²) < 4.78 is 5.88. The molecule has 1 aliphatic heterocycles. The summed E-state index contributed by atoms with van der Waals surface area (Å²) in [6, 6.07) is 3.94. The summed E-state index contributed by atoms with van der Waals surface area (Å²) in [5, 5.41) is 1.27. The van der Waals surface area contributed by atoms with Gasteiger partial charge in [0, 0.05) is 12.2 Å². The molecule has 2 fully saturated rings. The number of halogens is 2. The molecule has 104 valence electrons. The predicted octanol–water partition coefficient (Wildman–Crippen LogP) is 3.72. The summed E-state index contributed by atoms with van der Waals surface area (Å²) in [6.07, 6.45) is 5.07. The molecule has 1 heterocycles. The van der Waals surface area contributed by atoms with Crippen molar-refractivity contribution >= 4 is 34.6 Å². The van der Waals surface area contributed by atoms with Crippen molar-refractivity contribution < 1.29 is 4.74 Å². The van der Waals surface area contributed by atoms with Crippen molar-refractivity contribution in [2.45, 2.75) is 37.8 Å². The van der Waals surface area contributed by atoms with Gasteiger partial charge in [-0.1, -0.05) is 36.0 Å². The van der Waals surface area contributed by atoms with E-state index in [1.165, 1.54) is 12.8 Å². The Hall–Kier alpha value is -0.640. The van der Waals surface area contributed by atoms with E-state index in [9.17, 15) is 0 Å². The standard InChI is InChI=1S/C14H18Cl2N2O/c15-10-7-9(17)8-11(16)14(10)18-5-6-19-13-4-2-1-3-12(13)18/h7-8,12-13H,1-6,17H2. The van der Waals surface area contributed by atoms with Crippen molar-refractivity contribution in [2.24, 2.45) is 0 Å². The molecule has 19 heavy (non-hydrogen) atoms. The molecule has 2 N–H and O–H groups in total. The molecule has 1 aromatic carbocycles. The second kappa shape index (κ2) is 5.39. The minimum atomic E-state index is 0.312. The Morgan fingerprint density at radius 3 is 2.58 bits per heavy atom. The minimum Gasteiger partial charge on any atom is -0.399 e. The molecular formula is C14H18Cl2N2O. The van der Waals surface area contributed by atoms with Gasteiger partial charge in [0.05, 0.1) is 34.5 Å². The largest absolute Gasteiger partial charge is 0.399 e. The zero-order valence-corrected chi connectivity index (χ0v) is 12.3. The summed E-state index contributed by atoms with van der Waals surface area (Å²) >= 11 is 12.7. The number of ether oxygens (including phenoxy) is 1. The van der Waals surface area contributed by atoms with Crippen molar-refractivity contribution in [1.29, 1.82) is 0 Å². The number of fused-ring (bicyclic) bond motifs is 1. The van der Waals surface area contributed by atoms with E-state index in [2.05, 4.69) is 4.90 Å². The van der Waals surface area contributed by atoms with Gasteiger partial charge in [-0.25, -0.2) is 0 Å². The lowest BCUT2D eigenvalue weighted by atomic mass is 9.90. The molecule has 0 spiro atoms. The van der Waals surface area contributed by atoms with E-state index in [0.29, 0.717) is 27.9 Å². The zero-order chi connectivity index (χ0) is 13.4. The number of nitrogens with two attached hydrogens (primary N) is 1. The van der Waals surface area contributed by atoms with Crippen LogP contribution in [0.2, 0.25) is 10.0 Å². The summed E-state index contributed by atoms with van der Waals surface area (Å²) in [7, 11) is 0. The first-order valence-corrected chi connectivity index (χ1v) is 7.55. The lowest BCUT2D eigenvalue weighted by molar-refractivity contribution is -0.00865. The first-order valence-electron chi connectivity index (χ1n) is 6.79. The molecule has 2 unspecified atom stereocenters. The van der Waals surface area contributed by atoms with Crippen LogP contribution in [0.25, 0.3) is 0 Å². The van der Waals surface area contributed by atoms with E-state index in [0.717, 1.165) is 31.7 Å². The van der Waals surface area contributed by atoms with Crippen LogP contribution in [0.4, 0.5) is 11.4 Å². The Bertz CT molecular complexity index is 456. The normalized spacial score (nSPS) is 27.2. The molecule has 1 saturated carbocycles. The Morgan fingerprint density at radius 1 is 1.16 bits per heavy atom. The highest BCUT2D eigenvalue weighted by Gasteiger charge is 2.35. The fraction of sp³-hybridized carbons (Fsp3) is 0.571. The van der Waals surface area contributed by atoms with Crippen LogP contribution in [0.15, 0.2) is 12.1 Å². The van der Waals surface area contributed by atoms with Crippen LogP contribution >= 0.6 is 23.2 Å². The number of anilines is 2. The van der Waals surface area contributed by atoms with Gasteiger partial charge in [0.2, 0.25) is 0 Å². The molecule has 0 amide bonds. The van der Waals surface area contributed by atoms with Gasteiger partial charge in [0.25, 0.3) is 0 Å². The molecule has 5 heteroatoms. The first kappa shape index (κ1) is 13.3.